The van der Waals surface area contributed by atoms with Crippen LogP contribution in [-0.4, -0.2) is 56.6 Å². The van der Waals surface area contributed by atoms with E-state index in [0.717, 1.165) is 22.4 Å². The van der Waals surface area contributed by atoms with Crippen LogP contribution in [0.15, 0.2) is 85.1 Å². The molecule has 2 N–H and O–H groups in total. The highest BCUT2D eigenvalue weighted by Gasteiger charge is 2.40. The van der Waals surface area contributed by atoms with Gasteiger partial charge in [-0.2, -0.15) is 0 Å². The zero-order chi connectivity index (χ0) is 30.2. The summed E-state index contributed by atoms with van der Waals surface area (Å²) >= 11 is 13.0. The van der Waals surface area contributed by atoms with E-state index in [4.69, 9.17) is 23.2 Å². The van der Waals surface area contributed by atoms with Crippen molar-refractivity contribution in [2.45, 2.75) is 32.2 Å². The summed E-state index contributed by atoms with van der Waals surface area (Å²) in [5, 5.41) is 22.8. The molecule has 3 aromatic carbocycles. The summed E-state index contributed by atoms with van der Waals surface area (Å²) in [7, 11) is 0. The maximum absolute atomic E-state index is 13.4. The number of likely N-dealkylation sites (tertiary alicyclic amines) is 1. The lowest BCUT2D eigenvalue weighted by Crippen LogP contribution is -2.50. The second-order valence-corrected chi connectivity index (χ2v) is 12.0. The minimum atomic E-state index is -0.962. The standard InChI is InChI=1S/C33H35Cl2N5O3/c34-30-12-6-4-10-24(30)16-26-20-39(33(42)43)21-27(17-25-11-5-7-13-31(25)35)29(26)18-32(41)36-15-14-28-22-40(38-37-28)19-23-8-2-1-3-9-23/h1-13,22,26-27,29H,14-21H2,(H,36,41)(H,42,43). The minimum Gasteiger partial charge on any atom is -0.465 e. The Labute approximate surface area is 261 Å². The Morgan fingerprint density at radius 3 is 2.02 bits per heavy atom. The quantitative estimate of drug-likeness (QED) is 0.214. The highest BCUT2D eigenvalue weighted by molar-refractivity contribution is 6.31. The number of nitrogens with one attached hydrogen (secondary N) is 1. The van der Waals surface area contributed by atoms with Gasteiger partial charge in [-0.15, -0.1) is 5.10 Å². The first kappa shape index (κ1) is 30.6. The number of rotatable bonds is 11. The monoisotopic (exact) mass is 619 g/mol. The van der Waals surface area contributed by atoms with E-state index in [1.54, 1.807) is 4.68 Å². The first-order chi connectivity index (χ1) is 20.9. The highest BCUT2D eigenvalue weighted by Crippen LogP contribution is 2.37. The van der Waals surface area contributed by atoms with Crippen molar-refractivity contribution in [3.05, 3.63) is 117 Å². The third-order valence-corrected chi connectivity index (χ3v) is 8.91. The van der Waals surface area contributed by atoms with Crippen molar-refractivity contribution >= 4 is 35.2 Å². The van der Waals surface area contributed by atoms with Crippen LogP contribution in [0.25, 0.3) is 0 Å². The van der Waals surface area contributed by atoms with Crippen LogP contribution in [0, 0.1) is 17.8 Å². The van der Waals surface area contributed by atoms with E-state index in [0.29, 0.717) is 55.5 Å². The van der Waals surface area contributed by atoms with Crippen LogP contribution in [-0.2, 0) is 30.6 Å². The van der Waals surface area contributed by atoms with Crippen LogP contribution < -0.4 is 5.32 Å². The Kier molecular flexibility index (Phi) is 10.3. The average molecular weight is 621 g/mol. The number of piperidine rings is 1. The molecule has 0 saturated carbocycles. The van der Waals surface area contributed by atoms with Gasteiger partial charge < -0.3 is 15.3 Å². The van der Waals surface area contributed by atoms with Crippen LogP contribution >= 0.6 is 23.2 Å². The maximum atomic E-state index is 13.4. The van der Waals surface area contributed by atoms with E-state index in [2.05, 4.69) is 15.6 Å². The minimum absolute atomic E-state index is 0.0706. The molecule has 1 aliphatic heterocycles. The fourth-order valence-electron chi connectivity index (χ4n) is 6.03. The summed E-state index contributed by atoms with van der Waals surface area (Å²) in [6.07, 6.45) is 2.93. The molecular weight excluding hydrogens is 585 g/mol. The van der Waals surface area contributed by atoms with Gasteiger partial charge in [-0.25, -0.2) is 9.48 Å². The van der Waals surface area contributed by atoms with E-state index in [1.807, 2.05) is 85.1 Å². The van der Waals surface area contributed by atoms with Crippen LogP contribution in [0.5, 0.6) is 0 Å². The molecule has 2 atom stereocenters. The van der Waals surface area contributed by atoms with Gasteiger partial charge in [0, 0.05) is 48.7 Å². The molecule has 0 bridgehead atoms. The fourth-order valence-corrected chi connectivity index (χ4v) is 6.45. The number of halogens is 2. The van der Waals surface area contributed by atoms with Gasteiger partial charge in [0.1, 0.15) is 0 Å². The van der Waals surface area contributed by atoms with Gasteiger partial charge in [0.2, 0.25) is 5.91 Å². The number of aromatic nitrogens is 3. The zero-order valence-corrected chi connectivity index (χ0v) is 25.3. The SMILES string of the molecule is O=C(CC1C(Cc2ccccc2Cl)CN(C(=O)O)CC1Cc1ccccc1Cl)NCCc1cn(Cc2ccccc2)nn1. The normalized spacial score (nSPS) is 18.4. The molecule has 0 spiro atoms. The molecular formula is C33H35Cl2N5O3. The number of amides is 2. The first-order valence-electron chi connectivity index (χ1n) is 14.5. The van der Waals surface area contributed by atoms with Crippen molar-refractivity contribution in [3.8, 4) is 0 Å². The Bertz CT molecular complexity index is 1470. The Balaban J connectivity index is 1.27. The molecule has 10 heteroatoms. The lowest BCUT2D eigenvalue weighted by molar-refractivity contribution is -0.123. The number of carboxylic acid groups (broad SMARTS) is 1. The van der Waals surface area contributed by atoms with E-state index in [-0.39, 0.29) is 30.1 Å². The predicted molar refractivity (Wildman–Crippen MR) is 167 cm³/mol. The molecule has 2 amide bonds. The highest BCUT2D eigenvalue weighted by atomic mass is 35.5. The van der Waals surface area contributed by atoms with Gasteiger partial charge >= 0.3 is 6.09 Å². The van der Waals surface area contributed by atoms with Crippen LogP contribution in [0.2, 0.25) is 10.0 Å². The van der Waals surface area contributed by atoms with Crippen molar-refractivity contribution in [3.63, 3.8) is 0 Å². The topological polar surface area (TPSA) is 100 Å². The summed E-state index contributed by atoms with van der Waals surface area (Å²) < 4.78 is 1.79. The van der Waals surface area contributed by atoms with E-state index in [1.165, 1.54) is 4.90 Å². The number of hydrogen-bond donors (Lipinski definition) is 2. The van der Waals surface area contributed by atoms with Crippen molar-refractivity contribution in [2.75, 3.05) is 19.6 Å². The smallest absolute Gasteiger partial charge is 0.407 e. The third kappa shape index (κ3) is 8.36. The summed E-state index contributed by atoms with van der Waals surface area (Å²) in [5.74, 6) is -0.338. The Morgan fingerprint density at radius 2 is 1.44 bits per heavy atom. The third-order valence-electron chi connectivity index (χ3n) is 8.17. The Hall–Kier alpha value is -3.88. The van der Waals surface area contributed by atoms with Crippen molar-refractivity contribution in [1.82, 2.24) is 25.2 Å². The average Bonchev–Trinajstić information content (AvgIpc) is 3.44. The second kappa shape index (κ2) is 14.5. The number of benzene rings is 3. The molecule has 4 aromatic rings. The van der Waals surface area contributed by atoms with Crippen LogP contribution in [0.3, 0.4) is 0 Å². The molecule has 8 nitrogen and oxygen atoms in total. The molecule has 1 aliphatic rings. The van der Waals surface area contributed by atoms with Gasteiger partial charge in [-0.05, 0) is 59.4 Å². The van der Waals surface area contributed by atoms with Gasteiger partial charge in [-0.3, -0.25) is 4.79 Å². The van der Waals surface area contributed by atoms with Gasteiger partial charge in [-0.1, -0.05) is 95.1 Å². The molecule has 2 heterocycles. The van der Waals surface area contributed by atoms with Gasteiger partial charge in [0.05, 0.1) is 12.2 Å². The lowest BCUT2D eigenvalue weighted by Gasteiger charge is -2.43. The number of hydrogen-bond acceptors (Lipinski definition) is 4. The van der Waals surface area contributed by atoms with Gasteiger partial charge in [0.25, 0.3) is 0 Å². The number of carbonyl (C=O) groups excluding carboxylic acids is 1. The molecule has 224 valence electrons. The summed E-state index contributed by atoms with van der Waals surface area (Å²) in [4.78, 5) is 27.0. The van der Waals surface area contributed by atoms with Gasteiger partial charge in [0.15, 0.2) is 0 Å². The molecule has 43 heavy (non-hydrogen) atoms. The number of carbonyl (C=O) groups is 2. The fraction of sp³-hybridized carbons (Fsp3) is 0.333. The molecule has 2 unspecified atom stereocenters. The van der Waals surface area contributed by atoms with Crippen LogP contribution in [0.4, 0.5) is 4.79 Å². The van der Waals surface area contributed by atoms with Crippen molar-refractivity contribution in [2.24, 2.45) is 17.8 Å². The molecule has 1 saturated heterocycles. The maximum Gasteiger partial charge on any atom is 0.407 e. The summed E-state index contributed by atoms with van der Waals surface area (Å²) in [5.41, 5.74) is 3.84. The van der Waals surface area contributed by atoms with Crippen molar-refractivity contribution < 1.29 is 14.7 Å². The van der Waals surface area contributed by atoms with Crippen molar-refractivity contribution in [1.29, 1.82) is 0 Å². The van der Waals surface area contributed by atoms with E-state index in [9.17, 15) is 14.7 Å². The molecule has 1 aromatic heterocycles. The van der Waals surface area contributed by atoms with E-state index < -0.39 is 6.09 Å². The summed E-state index contributed by atoms with van der Waals surface area (Å²) in [6.45, 7) is 1.74. The lowest BCUT2D eigenvalue weighted by atomic mass is 9.71. The van der Waals surface area contributed by atoms with E-state index >= 15 is 0 Å². The molecule has 5 rings (SSSR count). The second-order valence-electron chi connectivity index (χ2n) is 11.2. The summed E-state index contributed by atoms with van der Waals surface area (Å²) in [6, 6.07) is 25.3. The predicted octanol–water partition coefficient (Wildman–Crippen LogP) is 6.01. The molecule has 0 radical (unpaired) electrons. The largest absolute Gasteiger partial charge is 0.465 e. The Morgan fingerprint density at radius 1 is 0.860 bits per heavy atom. The number of nitrogens with zero attached hydrogens (tertiary/aromatic N) is 4. The first-order valence-corrected chi connectivity index (χ1v) is 15.3. The zero-order valence-electron chi connectivity index (χ0n) is 23.8. The molecule has 1 fully saturated rings. The van der Waals surface area contributed by atoms with Crippen LogP contribution in [0.1, 0.15) is 28.8 Å². The molecule has 0 aliphatic carbocycles.